The van der Waals surface area contributed by atoms with Gasteiger partial charge in [0, 0.05) is 16.6 Å². The van der Waals surface area contributed by atoms with Gasteiger partial charge in [0.1, 0.15) is 18.4 Å². The van der Waals surface area contributed by atoms with E-state index >= 15 is 0 Å². The largest absolute Gasteiger partial charge is 0.350 e. The van der Waals surface area contributed by atoms with E-state index in [-0.39, 0.29) is 23.0 Å². The van der Waals surface area contributed by atoms with Gasteiger partial charge < -0.3 is 10.2 Å². The third-order valence-electron chi connectivity index (χ3n) is 5.91. The maximum atomic E-state index is 13.9. The van der Waals surface area contributed by atoms with Crippen molar-refractivity contribution < 1.29 is 22.4 Å². The van der Waals surface area contributed by atoms with Crippen molar-refractivity contribution in [3.8, 4) is 0 Å². The van der Waals surface area contributed by atoms with Gasteiger partial charge in [-0.3, -0.25) is 13.9 Å². The van der Waals surface area contributed by atoms with Crippen LogP contribution in [0.2, 0.25) is 0 Å². The van der Waals surface area contributed by atoms with Crippen molar-refractivity contribution in [3.05, 3.63) is 94.2 Å². The lowest BCUT2D eigenvalue weighted by Gasteiger charge is -2.33. The summed E-state index contributed by atoms with van der Waals surface area (Å²) in [5.41, 5.74) is 1.41. The van der Waals surface area contributed by atoms with E-state index in [9.17, 15) is 22.4 Å². The van der Waals surface area contributed by atoms with Crippen LogP contribution in [0.3, 0.4) is 0 Å². The summed E-state index contributed by atoms with van der Waals surface area (Å²) in [7, 11) is -4.26. The van der Waals surface area contributed by atoms with E-state index < -0.39 is 39.9 Å². The second kappa shape index (κ2) is 12.3. The molecular formula is C29H33BrFN3O4S. The Morgan fingerprint density at radius 1 is 1.00 bits per heavy atom. The number of hydrogen-bond donors (Lipinski definition) is 1. The molecule has 3 rings (SSSR count). The third kappa shape index (κ3) is 8.12. The predicted molar refractivity (Wildman–Crippen MR) is 154 cm³/mol. The van der Waals surface area contributed by atoms with E-state index in [4.69, 9.17) is 0 Å². The molecule has 7 nitrogen and oxygen atoms in total. The summed E-state index contributed by atoms with van der Waals surface area (Å²) in [5, 5.41) is 2.89. The highest BCUT2D eigenvalue weighted by Gasteiger charge is 2.33. The zero-order valence-electron chi connectivity index (χ0n) is 22.6. The lowest BCUT2D eigenvalue weighted by Crippen LogP contribution is -2.54. The minimum Gasteiger partial charge on any atom is -0.350 e. The maximum absolute atomic E-state index is 13.9. The number of aryl methyl sites for hydroxylation is 1. The van der Waals surface area contributed by atoms with Crippen LogP contribution in [-0.4, -0.2) is 43.3 Å². The van der Waals surface area contributed by atoms with Crippen LogP contribution < -0.4 is 9.62 Å². The van der Waals surface area contributed by atoms with Gasteiger partial charge >= 0.3 is 0 Å². The first-order chi connectivity index (χ1) is 18.2. The molecule has 0 saturated carbocycles. The molecule has 3 aromatic rings. The van der Waals surface area contributed by atoms with Crippen LogP contribution in [0.4, 0.5) is 10.1 Å². The molecule has 208 valence electrons. The molecule has 1 N–H and O–H groups in total. The highest BCUT2D eigenvalue weighted by atomic mass is 79.9. The number of halogens is 2. The van der Waals surface area contributed by atoms with Gasteiger partial charge in [0.15, 0.2) is 0 Å². The quantitative estimate of drug-likeness (QED) is 0.347. The van der Waals surface area contributed by atoms with Gasteiger partial charge in [0.2, 0.25) is 11.8 Å². The first-order valence-corrected chi connectivity index (χ1v) is 14.6. The Morgan fingerprint density at radius 3 is 2.18 bits per heavy atom. The molecule has 0 aliphatic carbocycles. The van der Waals surface area contributed by atoms with Gasteiger partial charge in [-0.15, -0.1) is 0 Å². The number of anilines is 1. The summed E-state index contributed by atoms with van der Waals surface area (Å²) < 4.78 is 42.8. The summed E-state index contributed by atoms with van der Waals surface area (Å²) in [6.45, 7) is 8.51. The molecule has 0 radical (unpaired) electrons. The van der Waals surface area contributed by atoms with Crippen LogP contribution >= 0.6 is 15.9 Å². The Morgan fingerprint density at radius 2 is 1.62 bits per heavy atom. The Balaban J connectivity index is 2.03. The highest BCUT2D eigenvalue weighted by Crippen LogP contribution is 2.25. The van der Waals surface area contributed by atoms with E-state index in [0.717, 1.165) is 44.2 Å². The normalized spacial score (nSPS) is 12.5. The Kier molecular flexibility index (Phi) is 9.55. The van der Waals surface area contributed by atoms with Crippen LogP contribution in [0.25, 0.3) is 0 Å². The predicted octanol–water partition coefficient (Wildman–Crippen LogP) is 5.42. The Labute approximate surface area is 238 Å². The molecule has 1 unspecified atom stereocenters. The first-order valence-electron chi connectivity index (χ1n) is 12.4. The zero-order chi connectivity index (χ0) is 29.0. The second-order valence-electron chi connectivity index (χ2n) is 10.4. The van der Waals surface area contributed by atoms with Crippen LogP contribution in [0, 0.1) is 12.7 Å². The molecular weight excluding hydrogens is 585 g/mol. The minimum absolute atomic E-state index is 0.0787. The summed E-state index contributed by atoms with van der Waals surface area (Å²) in [5.74, 6) is -1.52. The fourth-order valence-corrected chi connectivity index (χ4v) is 5.72. The zero-order valence-corrected chi connectivity index (χ0v) is 25.0. The van der Waals surface area contributed by atoms with Crippen molar-refractivity contribution in [2.45, 2.75) is 57.6 Å². The van der Waals surface area contributed by atoms with Crippen molar-refractivity contribution >= 4 is 43.5 Å². The average molecular weight is 619 g/mol. The van der Waals surface area contributed by atoms with Gasteiger partial charge in [-0.25, -0.2) is 12.8 Å². The minimum atomic E-state index is -4.26. The number of amides is 2. The molecule has 0 spiro atoms. The lowest BCUT2D eigenvalue weighted by atomic mass is 10.1. The number of nitrogens with one attached hydrogen (secondary N) is 1. The Hall–Kier alpha value is -3.24. The van der Waals surface area contributed by atoms with Crippen LogP contribution in [0.1, 0.15) is 38.8 Å². The summed E-state index contributed by atoms with van der Waals surface area (Å²) in [6.07, 6.45) is 0. The molecule has 0 fully saturated rings. The molecule has 39 heavy (non-hydrogen) atoms. The standard InChI is InChI=1S/C29H33BrFN3O4S/c1-20-9-13-25(14-10-20)34(39(37,38)26-15-11-24(31)12-16-26)19-27(35)33(18-22-7-6-8-23(30)17-22)21(2)28(36)32-29(3,4)5/h6-17,21H,18-19H2,1-5H3,(H,32,36). The number of carbonyl (C=O) groups excluding carboxylic acids is 2. The van der Waals surface area contributed by atoms with E-state index in [1.165, 1.54) is 4.90 Å². The molecule has 0 aliphatic heterocycles. The van der Waals surface area contributed by atoms with Crippen LogP contribution in [0.15, 0.2) is 82.2 Å². The van der Waals surface area contributed by atoms with Gasteiger partial charge in [-0.1, -0.05) is 45.8 Å². The smallest absolute Gasteiger partial charge is 0.264 e. The molecule has 2 amide bonds. The average Bonchev–Trinajstić information content (AvgIpc) is 2.85. The molecule has 0 saturated heterocycles. The van der Waals surface area contributed by atoms with Gasteiger partial charge in [0.05, 0.1) is 10.6 Å². The number of sulfonamides is 1. The monoisotopic (exact) mass is 617 g/mol. The molecule has 3 aromatic carbocycles. The van der Waals surface area contributed by atoms with Crippen molar-refractivity contribution in [1.29, 1.82) is 0 Å². The van der Waals surface area contributed by atoms with Crippen LogP contribution in [0.5, 0.6) is 0 Å². The number of carbonyl (C=O) groups is 2. The topological polar surface area (TPSA) is 86.8 Å². The van der Waals surface area contributed by atoms with Crippen LogP contribution in [-0.2, 0) is 26.2 Å². The van der Waals surface area contributed by atoms with Crippen molar-refractivity contribution in [2.75, 3.05) is 10.8 Å². The van der Waals surface area contributed by atoms with Gasteiger partial charge in [0.25, 0.3) is 10.0 Å². The third-order valence-corrected chi connectivity index (χ3v) is 8.19. The SMILES string of the molecule is Cc1ccc(N(CC(=O)N(Cc2cccc(Br)c2)C(C)C(=O)NC(C)(C)C)S(=O)(=O)c2ccc(F)cc2)cc1. The Bertz CT molecular complexity index is 1420. The fraction of sp³-hybridized carbons (Fsp3) is 0.310. The number of rotatable bonds is 9. The molecule has 0 heterocycles. The number of nitrogens with zero attached hydrogens (tertiary/aromatic N) is 2. The second-order valence-corrected chi connectivity index (χ2v) is 13.1. The summed E-state index contributed by atoms with van der Waals surface area (Å²) >= 11 is 3.43. The molecule has 0 aromatic heterocycles. The summed E-state index contributed by atoms with van der Waals surface area (Å²) in [4.78, 5) is 28.2. The van der Waals surface area contributed by atoms with Crippen molar-refractivity contribution in [3.63, 3.8) is 0 Å². The van der Waals surface area contributed by atoms with Crippen molar-refractivity contribution in [1.82, 2.24) is 10.2 Å². The van der Waals surface area contributed by atoms with E-state index in [0.29, 0.717) is 0 Å². The maximum Gasteiger partial charge on any atom is 0.264 e. The number of benzene rings is 3. The van der Waals surface area contributed by atoms with Crippen molar-refractivity contribution in [2.24, 2.45) is 0 Å². The summed E-state index contributed by atoms with van der Waals surface area (Å²) in [6, 6.07) is 17.6. The highest BCUT2D eigenvalue weighted by molar-refractivity contribution is 9.10. The lowest BCUT2D eigenvalue weighted by molar-refractivity contribution is -0.140. The fourth-order valence-electron chi connectivity index (χ4n) is 3.86. The molecule has 10 heteroatoms. The molecule has 1 atom stereocenters. The van der Waals surface area contributed by atoms with E-state index in [1.54, 1.807) is 31.2 Å². The van der Waals surface area contributed by atoms with E-state index in [2.05, 4.69) is 21.2 Å². The van der Waals surface area contributed by atoms with E-state index in [1.807, 2.05) is 52.0 Å². The molecule has 0 aliphatic rings. The van der Waals surface area contributed by atoms with Gasteiger partial charge in [-0.2, -0.15) is 0 Å². The molecule has 0 bridgehead atoms. The number of hydrogen-bond acceptors (Lipinski definition) is 4. The first kappa shape index (κ1) is 30.3. The van der Waals surface area contributed by atoms with Gasteiger partial charge in [-0.05, 0) is 88.7 Å².